The van der Waals surface area contributed by atoms with E-state index in [4.69, 9.17) is 4.74 Å². The highest BCUT2D eigenvalue weighted by Gasteiger charge is 2.22. The summed E-state index contributed by atoms with van der Waals surface area (Å²) in [6.07, 6.45) is 1.30. The Morgan fingerprint density at radius 3 is 2.32 bits per heavy atom. The second-order valence-corrected chi connectivity index (χ2v) is 6.58. The average molecular weight is 339 g/mol. The molecule has 2 N–H and O–H groups in total. The van der Waals surface area contributed by atoms with Crippen LogP contribution in [-0.2, 0) is 16.0 Å². The van der Waals surface area contributed by atoms with Crippen LogP contribution in [0.15, 0.2) is 60.7 Å². The molecule has 0 radical (unpaired) electrons. The summed E-state index contributed by atoms with van der Waals surface area (Å²) in [5, 5.41) is 3.25. The number of carbonyl (C=O) groups is 1. The highest BCUT2D eigenvalue weighted by molar-refractivity contribution is 5.76. The van der Waals surface area contributed by atoms with E-state index in [1.165, 1.54) is 16.0 Å². The fraction of sp³-hybridized carbons (Fsp3) is 0.381. The monoisotopic (exact) mass is 339 g/mol. The summed E-state index contributed by atoms with van der Waals surface area (Å²) in [6.45, 7) is 4.52. The van der Waals surface area contributed by atoms with Gasteiger partial charge in [-0.1, -0.05) is 60.7 Å². The summed E-state index contributed by atoms with van der Waals surface area (Å²) in [7, 11) is 0. The second kappa shape index (κ2) is 9.35. The molecule has 0 aliphatic carbocycles. The molecular formula is C21H27N2O2+. The van der Waals surface area contributed by atoms with Crippen LogP contribution in [0.4, 0.5) is 0 Å². The minimum atomic E-state index is 0.0533. The van der Waals surface area contributed by atoms with Gasteiger partial charge in [-0.2, -0.15) is 0 Å². The van der Waals surface area contributed by atoms with Crippen LogP contribution in [0.5, 0.6) is 0 Å². The molecule has 0 unspecified atom stereocenters. The molecule has 4 heteroatoms. The number of rotatable bonds is 7. The minimum Gasteiger partial charge on any atom is -0.370 e. The van der Waals surface area contributed by atoms with Crippen LogP contribution >= 0.6 is 0 Å². The Labute approximate surface area is 149 Å². The van der Waals surface area contributed by atoms with Crippen LogP contribution in [0, 0.1) is 0 Å². The van der Waals surface area contributed by atoms with Crippen molar-refractivity contribution in [3.63, 3.8) is 0 Å². The summed E-state index contributed by atoms with van der Waals surface area (Å²) in [4.78, 5) is 14.0. The third kappa shape index (κ3) is 5.69. The predicted octanol–water partition coefficient (Wildman–Crippen LogP) is 1.39. The van der Waals surface area contributed by atoms with Crippen molar-refractivity contribution in [3.8, 4) is 0 Å². The van der Waals surface area contributed by atoms with E-state index >= 15 is 0 Å². The molecule has 1 saturated heterocycles. The van der Waals surface area contributed by atoms with Gasteiger partial charge in [0.05, 0.1) is 13.2 Å². The van der Waals surface area contributed by atoms with Crippen LogP contribution in [0.25, 0.3) is 0 Å². The number of aryl methyl sites for hydroxylation is 1. The number of morpholine rings is 1. The lowest BCUT2D eigenvalue weighted by atomic mass is 10.0. The van der Waals surface area contributed by atoms with E-state index < -0.39 is 0 Å². The van der Waals surface area contributed by atoms with Gasteiger partial charge in [0.1, 0.15) is 25.7 Å². The van der Waals surface area contributed by atoms with Gasteiger partial charge >= 0.3 is 0 Å². The van der Waals surface area contributed by atoms with Gasteiger partial charge in [0, 0.05) is 6.42 Å². The Morgan fingerprint density at radius 1 is 1.00 bits per heavy atom. The minimum absolute atomic E-state index is 0.0533. The van der Waals surface area contributed by atoms with E-state index in [-0.39, 0.29) is 11.9 Å². The molecule has 132 valence electrons. The Morgan fingerprint density at radius 2 is 1.64 bits per heavy atom. The molecule has 3 rings (SSSR count). The van der Waals surface area contributed by atoms with Gasteiger partial charge in [-0.25, -0.2) is 0 Å². The van der Waals surface area contributed by atoms with Crippen LogP contribution in [0.2, 0.25) is 0 Å². The molecule has 0 aromatic heterocycles. The van der Waals surface area contributed by atoms with E-state index in [0.717, 1.165) is 39.3 Å². The van der Waals surface area contributed by atoms with Gasteiger partial charge in [-0.3, -0.25) is 4.79 Å². The first-order valence-corrected chi connectivity index (χ1v) is 9.11. The Kier molecular flexibility index (Phi) is 6.60. The van der Waals surface area contributed by atoms with Gasteiger partial charge in [0.2, 0.25) is 5.91 Å². The first-order chi connectivity index (χ1) is 12.3. The zero-order chi connectivity index (χ0) is 17.3. The molecule has 1 aliphatic rings. The highest BCUT2D eigenvalue weighted by atomic mass is 16.5. The molecule has 2 aromatic carbocycles. The zero-order valence-electron chi connectivity index (χ0n) is 14.6. The molecule has 4 nitrogen and oxygen atoms in total. The van der Waals surface area contributed by atoms with Crippen molar-refractivity contribution in [2.24, 2.45) is 0 Å². The van der Waals surface area contributed by atoms with Crippen LogP contribution < -0.4 is 10.2 Å². The Balaban J connectivity index is 1.59. The Bertz CT molecular complexity index is 639. The quantitative estimate of drug-likeness (QED) is 0.801. The van der Waals surface area contributed by atoms with Gasteiger partial charge < -0.3 is 15.0 Å². The van der Waals surface area contributed by atoms with Gasteiger partial charge in [-0.05, 0) is 17.5 Å². The normalized spacial score (nSPS) is 16.3. The summed E-state index contributed by atoms with van der Waals surface area (Å²) in [5.41, 5.74) is 2.38. The summed E-state index contributed by atoms with van der Waals surface area (Å²) < 4.78 is 5.45. The maximum Gasteiger partial charge on any atom is 0.221 e. The average Bonchev–Trinajstić information content (AvgIpc) is 2.68. The van der Waals surface area contributed by atoms with Crippen molar-refractivity contribution < 1.29 is 14.4 Å². The lowest BCUT2D eigenvalue weighted by molar-refractivity contribution is -0.909. The number of benzene rings is 2. The fourth-order valence-corrected chi connectivity index (χ4v) is 3.26. The van der Waals surface area contributed by atoms with Crippen molar-refractivity contribution in [2.75, 3.05) is 32.8 Å². The Hall–Kier alpha value is -2.17. The molecule has 0 spiro atoms. The van der Waals surface area contributed by atoms with E-state index in [2.05, 4.69) is 29.6 Å². The standard InChI is InChI=1S/C21H26N2O2/c24-21(12-11-18-7-3-1-4-8-18)22-20(19-9-5-2-6-10-19)17-23-13-15-25-16-14-23/h1-10,20H,11-17H2,(H,22,24)/p+1/t20-/m1/s1. The molecule has 1 atom stereocenters. The lowest BCUT2D eigenvalue weighted by Gasteiger charge is -2.28. The van der Waals surface area contributed by atoms with Crippen molar-refractivity contribution >= 4 is 5.91 Å². The number of ether oxygens (including phenoxy) is 1. The fourth-order valence-electron chi connectivity index (χ4n) is 3.26. The largest absolute Gasteiger partial charge is 0.370 e. The van der Waals surface area contributed by atoms with Gasteiger partial charge in [-0.15, -0.1) is 0 Å². The number of nitrogens with one attached hydrogen (secondary N) is 2. The summed E-state index contributed by atoms with van der Waals surface area (Å²) in [5.74, 6) is 0.116. The molecule has 2 aromatic rings. The van der Waals surface area contributed by atoms with Gasteiger partial charge in [0.25, 0.3) is 0 Å². The van der Waals surface area contributed by atoms with Crippen LogP contribution in [-0.4, -0.2) is 38.8 Å². The summed E-state index contributed by atoms with van der Waals surface area (Å²) in [6, 6.07) is 20.5. The van der Waals surface area contributed by atoms with Crippen molar-refractivity contribution in [1.29, 1.82) is 0 Å². The van der Waals surface area contributed by atoms with E-state index in [0.29, 0.717) is 6.42 Å². The SMILES string of the molecule is O=C(CCc1ccccc1)N[C@H](C[NH+]1CCOCC1)c1ccccc1. The topological polar surface area (TPSA) is 42.8 Å². The molecule has 0 bridgehead atoms. The number of amides is 1. The molecule has 25 heavy (non-hydrogen) atoms. The third-order valence-electron chi connectivity index (χ3n) is 4.71. The molecule has 1 fully saturated rings. The number of quaternary nitrogens is 1. The number of hydrogen-bond donors (Lipinski definition) is 2. The summed E-state index contributed by atoms with van der Waals surface area (Å²) >= 11 is 0. The first kappa shape index (κ1) is 17.6. The number of hydrogen-bond acceptors (Lipinski definition) is 2. The predicted molar refractivity (Wildman–Crippen MR) is 98.5 cm³/mol. The lowest BCUT2D eigenvalue weighted by Crippen LogP contribution is -3.14. The van der Waals surface area contributed by atoms with Crippen molar-refractivity contribution in [1.82, 2.24) is 5.32 Å². The highest BCUT2D eigenvalue weighted by Crippen LogP contribution is 2.12. The molecular weight excluding hydrogens is 312 g/mol. The number of carbonyl (C=O) groups excluding carboxylic acids is 1. The van der Waals surface area contributed by atoms with E-state index in [1.54, 1.807) is 0 Å². The van der Waals surface area contributed by atoms with E-state index in [1.807, 2.05) is 36.4 Å². The molecule has 1 aliphatic heterocycles. The van der Waals surface area contributed by atoms with Crippen molar-refractivity contribution in [3.05, 3.63) is 71.8 Å². The van der Waals surface area contributed by atoms with Crippen molar-refractivity contribution in [2.45, 2.75) is 18.9 Å². The second-order valence-electron chi connectivity index (χ2n) is 6.58. The maximum absolute atomic E-state index is 12.5. The smallest absolute Gasteiger partial charge is 0.221 e. The molecule has 0 saturated carbocycles. The van der Waals surface area contributed by atoms with E-state index in [9.17, 15) is 4.79 Å². The third-order valence-corrected chi connectivity index (χ3v) is 4.71. The zero-order valence-corrected chi connectivity index (χ0v) is 14.6. The van der Waals surface area contributed by atoms with Crippen LogP contribution in [0.1, 0.15) is 23.6 Å². The molecule has 1 amide bonds. The maximum atomic E-state index is 12.5. The first-order valence-electron chi connectivity index (χ1n) is 9.11. The molecule has 1 heterocycles. The van der Waals surface area contributed by atoms with Gasteiger partial charge in [0.15, 0.2) is 0 Å². The van der Waals surface area contributed by atoms with Crippen LogP contribution in [0.3, 0.4) is 0 Å².